The van der Waals surface area contributed by atoms with Crippen molar-refractivity contribution >= 4 is 11.3 Å². The van der Waals surface area contributed by atoms with Crippen LogP contribution in [0, 0.1) is 0 Å². The summed E-state index contributed by atoms with van der Waals surface area (Å²) in [7, 11) is 0. The number of nitrogens with zero attached hydrogens (tertiary/aromatic N) is 2. The van der Waals surface area contributed by atoms with Crippen LogP contribution in [0.5, 0.6) is 0 Å². The first-order valence-electron chi connectivity index (χ1n) is 7.53. The van der Waals surface area contributed by atoms with Gasteiger partial charge >= 0.3 is 0 Å². The van der Waals surface area contributed by atoms with Crippen LogP contribution in [0.15, 0.2) is 24.5 Å². The molecule has 0 spiro atoms. The molecule has 0 amide bonds. The van der Waals surface area contributed by atoms with Crippen molar-refractivity contribution in [2.75, 3.05) is 6.54 Å². The largest absolute Gasteiger partial charge is 0.313 e. The van der Waals surface area contributed by atoms with Gasteiger partial charge in [-0.2, -0.15) is 0 Å². The SMILES string of the molecule is c1cc(-c2nc3c(s2)CCCC3CNC2CC2)ccn1. The van der Waals surface area contributed by atoms with E-state index in [0.717, 1.165) is 17.6 Å². The lowest BCUT2D eigenvalue weighted by Gasteiger charge is -2.21. The van der Waals surface area contributed by atoms with Crippen LogP contribution in [-0.2, 0) is 6.42 Å². The molecule has 20 heavy (non-hydrogen) atoms. The molecule has 1 N–H and O–H groups in total. The molecule has 3 nitrogen and oxygen atoms in total. The molecule has 0 saturated heterocycles. The van der Waals surface area contributed by atoms with Crippen LogP contribution in [0.25, 0.3) is 10.6 Å². The molecule has 1 fully saturated rings. The summed E-state index contributed by atoms with van der Waals surface area (Å²) in [5.41, 5.74) is 2.56. The average molecular weight is 285 g/mol. The Hall–Kier alpha value is -1.26. The lowest BCUT2D eigenvalue weighted by molar-refractivity contribution is 0.500. The molecule has 1 unspecified atom stereocenters. The molecular weight excluding hydrogens is 266 g/mol. The van der Waals surface area contributed by atoms with E-state index in [-0.39, 0.29) is 0 Å². The number of hydrogen-bond donors (Lipinski definition) is 1. The van der Waals surface area contributed by atoms with Gasteiger partial charge in [0.05, 0.1) is 5.69 Å². The van der Waals surface area contributed by atoms with Crippen LogP contribution < -0.4 is 5.32 Å². The molecule has 104 valence electrons. The van der Waals surface area contributed by atoms with Crippen molar-refractivity contribution in [3.63, 3.8) is 0 Å². The summed E-state index contributed by atoms with van der Waals surface area (Å²) in [5, 5.41) is 4.83. The van der Waals surface area contributed by atoms with Crippen LogP contribution in [0.3, 0.4) is 0 Å². The molecule has 2 heterocycles. The lowest BCUT2D eigenvalue weighted by Crippen LogP contribution is -2.25. The lowest BCUT2D eigenvalue weighted by atomic mass is 9.91. The fourth-order valence-electron chi connectivity index (χ4n) is 2.92. The third-order valence-corrected chi connectivity index (χ3v) is 5.41. The number of thiazole rings is 1. The van der Waals surface area contributed by atoms with Crippen LogP contribution >= 0.6 is 11.3 Å². The first-order chi connectivity index (χ1) is 9.90. The predicted molar refractivity (Wildman–Crippen MR) is 82.0 cm³/mol. The highest BCUT2D eigenvalue weighted by molar-refractivity contribution is 7.15. The van der Waals surface area contributed by atoms with E-state index in [4.69, 9.17) is 4.98 Å². The molecule has 0 bridgehead atoms. The van der Waals surface area contributed by atoms with E-state index in [2.05, 4.69) is 22.4 Å². The van der Waals surface area contributed by atoms with Crippen LogP contribution in [0.2, 0.25) is 0 Å². The molecule has 1 atom stereocenters. The first kappa shape index (κ1) is 12.5. The monoisotopic (exact) mass is 285 g/mol. The molecule has 2 aliphatic rings. The van der Waals surface area contributed by atoms with Gasteiger partial charge in [0, 0.05) is 41.3 Å². The number of aromatic nitrogens is 2. The molecule has 0 aromatic carbocycles. The third kappa shape index (κ3) is 2.50. The molecule has 2 aromatic rings. The van der Waals surface area contributed by atoms with Crippen molar-refractivity contribution in [3.05, 3.63) is 35.1 Å². The summed E-state index contributed by atoms with van der Waals surface area (Å²) < 4.78 is 0. The maximum atomic E-state index is 4.95. The molecular formula is C16H19N3S. The van der Waals surface area contributed by atoms with E-state index in [1.165, 1.54) is 48.2 Å². The molecule has 2 aromatic heterocycles. The minimum Gasteiger partial charge on any atom is -0.313 e. The van der Waals surface area contributed by atoms with E-state index in [1.807, 2.05) is 23.7 Å². The Kier molecular flexibility index (Phi) is 3.28. The second-order valence-electron chi connectivity index (χ2n) is 5.83. The summed E-state index contributed by atoms with van der Waals surface area (Å²) in [4.78, 5) is 10.5. The second kappa shape index (κ2) is 5.26. The molecule has 0 aliphatic heterocycles. The number of hydrogen-bond acceptors (Lipinski definition) is 4. The van der Waals surface area contributed by atoms with E-state index in [9.17, 15) is 0 Å². The maximum absolute atomic E-state index is 4.95. The highest BCUT2D eigenvalue weighted by Crippen LogP contribution is 2.38. The fourth-order valence-corrected chi connectivity index (χ4v) is 4.12. The van der Waals surface area contributed by atoms with Crippen LogP contribution in [-0.4, -0.2) is 22.6 Å². The summed E-state index contributed by atoms with van der Waals surface area (Å²) in [5.74, 6) is 0.617. The number of rotatable bonds is 4. The highest BCUT2D eigenvalue weighted by atomic mass is 32.1. The van der Waals surface area contributed by atoms with Crippen molar-refractivity contribution in [2.24, 2.45) is 0 Å². The van der Waals surface area contributed by atoms with E-state index in [1.54, 1.807) is 0 Å². The molecule has 2 aliphatic carbocycles. The third-order valence-electron chi connectivity index (χ3n) is 4.23. The van der Waals surface area contributed by atoms with Crippen molar-refractivity contribution in [1.82, 2.24) is 15.3 Å². The Morgan fingerprint density at radius 1 is 1.20 bits per heavy atom. The Morgan fingerprint density at radius 2 is 2.05 bits per heavy atom. The molecule has 0 radical (unpaired) electrons. The van der Waals surface area contributed by atoms with Gasteiger partial charge in [0.15, 0.2) is 0 Å². The topological polar surface area (TPSA) is 37.8 Å². The number of aryl methyl sites for hydroxylation is 1. The molecule has 4 heteroatoms. The minimum absolute atomic E-state index is 0.617. The van der Waals surface area contributed by atoms with Gasteiger partial charge in [-0.15, -0.1) is 11.3 Å². The number of fused-ring (bicyclic) bond motifs is 1. The minimum atomic E-state index is 0.617. The van der Waals surface area contributed by atoms with Crippen molar-refractivity contribution in [3.8, 4) is 10.6 Å². The van der Waals surface area contributed by atoms with Crippen molar-refractivity contribution in [1.29, 1.82) is 0 Å². The van der Waals surface area contributed by atoms with Crippen molar-refractivity contribution < 1.29 is 0 Å². The Labute approximate surface area is 123 Å². The van der Waals surface area contributed by atoms with E-state index in [0.29, 0.717) is 5.92 Å². The van der Waals surface area contributed by atoms with Crippen molar-refractivity contribution in [2.45, 2.75) is 44.1 Å². The fraction of sp³-hybridized carbons (Fsp3) is 0.500. The zero-order valence-electron chi connectivity index (χ0n) is 11.5. The predicted octanol–water partition coefficient (Wildman–Crippen LogP) is 3.38. The van der Waals surface area contributed by atoms with Gasteiger partial charge in [0.1, 0.15) is 5.01 Å². The summed E-state index contributed by atoms with van der Waals surface area (Å²) >= 11 is 1.88. The van der Waals surface area contributed by atoms with E-state index < -0.39 is 0 Å². The van der Waals surface area contributed by atoms with Gasteiger partial charge < -0.3 is 5.32 Å². The normalized spacial score (nSPS) is 21.7. The number of nitrogens with one attached hydrogen (secondary N) is 1. The molecule has 4 rings (SSSR count). The zero-order valence-corrected chi connectivity index (χ0v) is 12.3. The van der Waals surface area contributed by atoms with Crippen LogP contribution in [0.1, 0.15) is 42.2 Å². The Balaban J connectivity index is 1.59. The standard InChI is InChI=1S/C16H19N3S/c1-2-12(10-18-13-4-5-13)15-14(3-1)20-16(19-15)11-6-8-17-9-7-11/h6-9,12-13,18H,1-5,10H2. The molecule has 1 saturated carbocycles. The van der Waals surface area contributed by atoms with E-state index >= 15 is 0 Å². The van der Waals surface area contributed by atoms with Gasteiger partial charge in [0.25, 0.3) is 0 Å². The maximum Gasteiger partial charge on any atom is 0.123 e. The van der Waals surface area contributed by atoms with Gasteiger partial charge in [-0.1, -0.05) is 0 Å². The first-order valence-corrected chi connectivity index (χ1v) is 8.35. The Bertz CT molecular complexity index is 589. The van der Waals surface area contributed by atoms with Gasteiger partial charge in [-0.3, -0.25) is 4.98 Å². The van der Waals surface area contributed by atoms with Gasteiger partial charge in [-0.25, -0.2) is 4.98 Å². The van der Waals surface area contributed by atoms with Gasteiger partial charge in [0.2, 0.25) is 0 Å². The smallest absolute Gasteiger partial charge is 0.123 e. The Morgan fingerprint density at radius 3 is 2.85 bits per heavy atom. The highest BCUT2D eigenvalue weighted by Gasteiger charge is 2.27. The average Bonchev–Trinajstić information content (AvgIpc) is 3.22. The summed E-state index contributed by atoms with van der Waals surface area (Å²) in [6.45, 7) is 1.11. The summed E-state index contributed by atoms with van der Waals surface area (Å²) in [6, 6.07) is 4.91. The van der Waals surface area contributed by atoms with Crippen LogP contribution in [0.4, 0.5) is 0 Å². The number of pyridine rings is 1. The zero-order chi connectivity index (χ0) is 13.4. The van der Waals surface area contributed by atoms with Gasteiger partial charge in [-0.05, 0) is 44.2 Å². The summed E-state index contributed by atoms with van der Waals surface area (Å²) in [6.07, 6.45) is 10.2. The quantitative estimate of drug-likeness (QED) is 0.936. The second-order valence-corrected chi connectivity index (χ2v) is 6.92.